The standard InChI is InChI=1S/C6H14N2O/c1-8-3-2-4-9-6(7)5-8/h6H,2-5,7H2,1H3/t6-/m1/s1. The quantitative estimate of drug-likeness (QED) is 0.486. The number of hydrogen-bond donors (Lipinski definition) is 1. The minimum absolute atomic E-state index is 0.0718. The third-order valence-electron chi connectivity index (χ3n) is 1.51. The molecule has 1 atom stereocenters. The summed E-state index contributed by atoms with van der Waals surface area (Å²) in [6, 6.07) is 0. The molecule has 1 aliphatic heterocycles. The maximum atomic E-state index is 5.56. The average Bonchev–Trinajstić information content (AvgIpc) is 1.93. The third-order valence-corrected chi connectivity index (χ3v) is 1.51. The molecule has 0 unspecified atom stereocenters. The summed E-state index contributed by atoms with van der Waals surface area (Å²) in [6.07, 6.45) is 1.03. The van der Waals surface area contributed by atoms with Gasteiger partial charge in [0.15, 0.2) is 0 Å². The van der Waals surface area contributed by atoms with Gasteiger partial charge in [-0.25, -0.2) is 0 Å². The predicted octanol–water partition coefficient (Wildman–Crippen LogP) is -0.377. The highest BCUT2D eigenvalue weighted by Gasteiger charge is 2.10. The van der Waals surface area contributed by atoms with Crippen molar-refractivity contribution in [3.63, 3.8) is 0 Å². The van der Waals surface area contributed by atoms with E-state index in [2.05, 4.69) is 11.9 Å². The van der Waals surface area contributed by atoms with E-state index in [1.54, 1.807) is 0 Å². The molecule has 54 valence electrons. The molecule has 0 bridgehead atoms. The highest BCUT2D eigenvalue weighted by Crippen LogP contribution is 1.97. The van der Waals surface area contributed by atoms with E-state index in [1.165, 1.54) is 0 Å². The minimum atomic E-state index is -0.0718. The number of rotatable bonds is 0. The molecule has 0 aromatic rings. The summed E-state index contributed by atoms with van der Waals surface area (Å²) in [5.41, 5.74) is 5.56. The first-order chi connectivity index (χ1) is 4.29. The van der Waals surface area contributed by atoms with Gasteiger partial charge in [-0.3, -0.25) is 0 Å². The van der Waals surface area contributed by atoms with Crippen LogP contribution in [0.3, 0.4) is 0 Å². The van der Waals surface area contributed by atoms with E-state index in [1.807, 2.05) is 0 Å². The minimum Gasteiger partial charge on any atom is -0.362 e. The van der Waals surface area contributed by atoms with Gasteiger partial charge >= 0.3 is 0 Å². The van der Waals surface area contributed by atoms with Gasteiger partial charge in [-0.15, -0.1) is 0 Å². The van der Waals surface area contributed by atoms with Gasteiger partial charge in [-0.05, 0) is 13.5 Å². The SMILES string of the molecule is CN1CCCO[C@@H](N)C1. The monoisotopic (exact) mass is 130 g/mol. The van der Waals surface area contributed by atoms with Crippen LogP contribution in [0, 0.1) is 0 Å². The number of likely N-dealkylation sites (N-methyl/N-ethyl adjacent to an activating group) is 1. The van der Waals surface area contributed by atoms with Crippen LogP contribution in [-0.4, -0.2) is 37.9 Å². The van der Waals surface area contributed by atoms with Gasteiger partial charge in [-0.2, -0.15) is 0 Å². The largest absolute Gasteiger partial charge is 0.362 e. The molecule has 0 aromatic heterocycles. The van der Waals surface area contributed by atoms with E-state index in [0.717, 1.165) is 26.1 Å². The normalized spacial score (nSPS) is 32.0. The Kier molecular flexibility index (Phi) is 2.45. The molecule has 1 heterocycles. The van der Waals surface area contributed by atoms with Crippen molar-refractivity contribution in [1.29, 1.82) is 0 Å². The lowest BCUT2D eigenvalue weighted by atomic mass is 10.4. The van der Waals surface area contributed by atoms with Crippen molar-refractivity contribution in [3.8, 4) is 0 Å². The lowest BCUT2D eigenvalue weighted by Gasteiger charge is -2.14. The van der Waals surface area contributed by atoms with E-state index < -0.39 is 0 Å². The topological polar surface area (TPSA) is 38.5 Å². The second-order valence-electron chi connectivity index (χ2n) is 2.53. The first kappa shape index (κ1) is 6.99. The van der Waals surface area contributed by atoms with Crippen molar-refractivity contribution in [2.24, 2.45) is 5.73 Å². The molecular formula is C6H14N2O. The second kappa shape index (κ2) is 3.15. The van der Waals surface area contributed by atoms with Crippen molar-refractivity contribution in [3.05, 3.63) is 0 Å². The fourth-order valence-electron chi connectivity index (χ4n) is 1.02. The van der Waals surface area contributed by atoms with Gasteiger partial charge in [0, 0.05) is 19.7 Å². The number of nitrogens with two attached hydrogens (primary N) is 1. The summed E-state index contributed by atoms with van der Waals surface area (Å²) in [6.45, 7) is 2.78. The first-order valence-electron chi connectivity index (χ1n) is 3.35. The number of ether oxygens (including phenoxy) is 1. The lowest BCUT2D eigenvalue weighted by molar-refractivity contribution is 0.0622. The van der Waals surface area contributed by atoms with E-state index in [4.69, 9.17) is 10.5 Å². The highest BCUT2D eigenvalue weighted by atomic mass is 16.5. The Balaban J connectivity index is 2.29. The van der Waals surface area contributed by atoms with Crippen molar-refractivity contribution in [1.82, 2.24) is 4.90 Å². The maximum Gasteiger partial charge on any atom is 0.118 e. The van der Waals surface area contributed by atoms with Gasteiger partial charge in [-0.1, -0.05) is 0 Å². The van der Waals surface area contributed by atoms with Crippen molar-refractivity contribution in [2.45, 2.75) is 12.6 Å². The lowest BCUT2D eigenvalue weighted by Crippen LogP contribution is -2.34. The first-order valence-corrected chi connectivity index (χ1v) is 3.35. The zero-order chi connectivity index (χ0) is 6.69. The molecule has 3 nitrogen and oxygen atoms in total. The smallest absolute Gasteiger partial charge is 0.118 e. The van der Waals surface area contributed by atoms with E-state index in [9.17, 15) is 0 Å². The fourth-order valence-corrected chi connectivity index (χ4v) is 1.02. The van der Waals surface area contributed by atoms with E-state index >= 15 is 0 Å². The highest BCUT2D eigenvalue weighted by molar-refractivity contribution is 4.60. The summed E-state index contributed by atoms with van der Waals surface area (Å²) in [5, 5.41) is 0. The molecule has 9 heavy (non-hydrogen) atoms. The van der Waals surface area contributed by atoms with Crippen LogP contribution in [0.25, 0.3) is 0 Å². The molecule has 2 N–H and O–H groups in total. The van der Waals surface area contributed by atoms with Crippen LogP contribution in [0.4, 0.5) is 0 Å². The van der Waals surface area contributed by atoms with Gasteiger partial charge < -0.3 is 15.4 Å². The average molecular weight is 130 g/mol. The summed E-state index contributed by atoms with van der Waals surface area (Å²) < 4.78 is 5.21. The molecule has 0 amide bonds. The molecule has 1 fully saturated rings. The number of hydrogen-bond acceptors (Lipinski definition) is 3. The van der Waals surface area contributed by atoms with E-state index in [0.29, 0.717) is 0 Å². The summed E-state index contributed by atoms with van der Waals surface area (Å²) in [4.78, 5) is 2.19. The van der Waals surface area contributed by atoms with Crippen molar-refractivity contribution >= 4 is 0 Å². The molecule has 0 aromatic carbocycles. The summed E-state index contributed by atoms with van der Waals surface area (Å²) in [5.74, 6) is 0. The second-order valence-corrected chi connectivity index (χ2v) is 2.53. The van der Waals surface area contributed by atoms with Gasteiger partial charge in [0.1, 0.15) is 6.23 Å². The van der Waals surface area contributed by atoms with Crippen LogP contribution < -0.4 is 5.73 Å². The molecule has 1 saturated heterocycles. The Morgan fingerprint density at radius 1 is 1.67 bits per heavy atom. The molecule has 0 radical (unpaired) electrons. The zero-order valence-corrected chi connectivity index (χ0v) is 5.84. The van der Waals surface area contributed by atoms with Crippen LogP contribution in [0.15, 0.2) is 0 Å². The Morgan fingerprint density at radius 2 is 2.44 bits per heavy atom. The van der Waals surface area contributed by atoms with Crippen LogP contribution in [0.5, 0.6) is 0 Å². The Bertz CT molecular complexity index is 77.1. The third kappa shape index (κ3) is 2.30. The van der Waals surface area contributed by atoms with Crippen LogP contribution >= 0.6 is 0 Å². The van der Waals surface area contributed by atoms with Gasteiger partial charge in [0.05, 0.1) is 0 Å². The Hall–Kier alpha value is -0.120. The van der Waals surface area contributed by atoms with Crippen molar-refractivity contribution in [2.75, 3.05) is 26.7 Å². The predicted molar refractivity (Wildman–Crippen MR) is 36.0 cm³/mol. The fraction of sp³-hybridized carbons (Fsp3) is 1.00. The summed E-state index contributed by atoms with van der Waals surface area (Å²) in [7, 11) is 2.06. The maximum absolute atomic E-state index is 5.56. The molecule has 0 spiro atoms. The molecule has 0 saturated carbocycles. The number of nitrogens with zero attached hydrogens (tertiary/aromatic N) is 1. The molecular weight excluding hydrogens is 116 g/mol. The summed E-state index contributed by atoms with van der Waals surface area (Å²) >= 11 is 0. The molecule has 1 rings (SSSR count). The van der Waals surface area contributed by atoms with Crippen molar-refractivity contribution < 1.29 is 4.74 Å². The zero-order valence-electron chi connectivity index (χ0n) is 5.84. The Morgan fingerprint density at radius 3 is 3.22 bits per heavy atom. The molecule has 1 aliphatic rings. The van der Waals surface area contributed by atoms with E-state index in [-0.39, 0.29) is 6.23 Å². The molecule has 3 heteroatoms. The van der Waals surface area contributed by atoms with Crippen LogP contribution in [-0.2, 0) is 4.74 Å². The van der Waals surface area contributed by atoms with Gasteiger partial charge in [0.2, 0.25) is 0 Å². The molecule has 0 aliphatic carbocycles. The van der Waals surface area contributed by atoms with Gasteiger partial charge in [0.25, 0.3) is 0 Å². The van der Waals surface area contributed by atoms with Crippen LogP contribution in [0.2, 0.25) is 0 Å². The Labute approximate surface area is 55.8 Å². The van der Waals surface area contributed by atoms with Crippen LogP contribution in [0.1, 0.15) is 6.42 Å².